The SMILES string of the molecule is [2H]C1CC(CC(C)C)C(CC(C)C)C1C. The number of hydrogen-bond donors (Lipinski definition) is 0. The van der Waals surface area contributed by atoms with Crippen molar-refractivity contribution in [3.05, 3.63) is 0 Å². The Morgan fingerprint density at radius 2 is 1.71 bits per heavy atom. The molecule has 0 spiro atoms. The maximum atomic E-state index is 8.09. The van der Waals surface area contributed by atoms with E-state index < -0.39 is 0 Å². The summed E-state index contributed by atoms with van der Waals surface area (Å²) in [5, 5.41) is 0. The highest BCUT2D eigenvalue weighted by Crippen LogP contribution is 2.43. The van der Waals surface area contributed by atoms with Gasteiger partial charge in [-0.3, -0.25) is 0 Å². The molecule has 0 aromatic rings. The van der Waals surface area contributed by atoms with E-state index in [2.05, 4.69) is 34.6 Å². The smallest absolute Gasteiger partial charge is 0.0269 e. The Kier molecular flexibility index (Phi) is 3.89. The Bertz CT molecular complexity index is 184. The molecule has 0 heterocycles. The van der Waals surface area contributed by atoms with Crippen molar-refractivity contribution in [1.82, 2.24) is 0 Å². The molecule has 0 aromatic heterocycles. The van der Waals surface area contributed by atoms with Crippen molar-refractivity contribution in [2.75, 3.05) is 0 Å². The molecule has 1 aliphatic rings. The third-order valence-corrected chi connectivity index (χ3v) is 3.61. The molecule has 1 saturated carbocycles. The zero-order valence-corrected chi connectivity index (χ0v) is 10.6. The van der Waals surface area contributed by atoms with Crippen molar-refractivity contribution in [1.29, 1.82) is 0 Å². The van der Waals surface area contributed by atoms with Crippen LogP contribution in [0.2, 0.25) is 0 Å². The maximum absolute atomic E-state index is 8.09. The van der Waals surface area contributed by atoms with Gasteiger partial charge in [0.05, 0.1) is 0 Å². The van der Waals surface area contributed by atoms with Gasteiger partial charge in [0.2, 0.25) is 0 Å². The molecule has 14 heavy (non-hydrogen) atoms. The standard InChI is InChI=1S/C14H28/c1-10(2)8-13-7-6-12(5)14(13)9-11(3)4/h10-14H,6-9H2,1-5H3/i6D. The highest BCUT2D eigenvalue weighted by molar-refractivity contribution is 4.83. The summed E-state index contributed by atoms with van der Waals surface area (Å²) in [6, 6.07) is 0. The van der Waals surface area contributed by atoms with Crippen LogP contribution < -0.4 is 0 Å². The Hall–Kier alpha value is 0. The summed E-state index contributed by atoms with van der Waals surface area (Å²) in [4.78, 5) is 0. The van der Waals surface area contributed by atoms with Crippen LogP contribution in [0.5, 0.6) is 0 Å². The Balaban J connectivity index is 2.60. The minimum Gasteiger partial charge on any atom is -0.0628 e. The van der Waals surface area contributed by atoms with E-state index in [0.29, 0.717) is 5.92 Å². The third-order valence-electron chi connectivity index (χ3n) is 3.61. The first-order chi connectivity index (χ1) is 6.91. The second kappa shape index (κ2) is 5.19. The Morgan fingerprint density at radius 1 is 1.14 bits per heavy atom. The van der Waals surface area contributed by atoms with Gasteiger partial charge in [0.1, 0.15) is 0 Å². The van der Waals surface area contributed by atoms with Crippen LogP contribution in [-0.4, -0.2) is 0 Å². The molecule has 4 atom stereocenters. The molecule has 1 aliphatic carbocycles. The van der Waals surface area contributed by atoms with E-state index in [1.54, 1.807) is 0 Å². The van der Waals surface area contributed by atoms with Gasteiger partial charge in [-0.2, -0.15) is 0 Å². The first-order valence-corrected chi connectivity index (χ1v) is 6.34. The Morgan fingerprint density at radius 3 is 2.21 bits per heavy atom. The van der Waals surface area contributed by atoms with Crippen molar-refractivity contribution < 1.29 is 1.37 Å². The van der Waals surface area contributed by atoms with Crippen LogP contribution in [0, 0.1) is 29.6 Å². The summed E-state index contributed by atoms with van der Waals surface area (Å²) in [5.41, 5.74) is 0. The average molecular weight is 197 g/mol. The average Bonchev–Trinajstić information content (AvgIpc) is 2.31. The van der Waals surface area contributed by atoms with Gasteiger partial charge in [0.15, 0.2) is 0 Å². The lowest BCUT2D eigenvalue weighted by atomic mass is 9.80. The molecule has 0 bridgehead atoms. The van der Waals surface area contributed by atoms with E-state index in [1.807, 2.05) is 0 Å². The molecule has 0 aromatic carbocycles. The number of hydrogen-bond acceptors (Lipinski definition) is 0. The van der Waals surface area contributed by atoms with Crippen LogP contribution >= 0.6 is 0 Å². The predicted molar refractivity (Wildman–Crippen MR) is 64.3 cm³/mol. The van der Waals surface area contributed by atoms with Crippen LogP contribution in [0.1, 0.15) is 61.6 Å². The minimum atomic E-state index is 0.206. The molecule has 0 nitrogen and oxygen atoms in total. The highest BCUT2D eigenvalue weighted by Gasteiger charge is 2.33. The summed E-state index contributed by atoms with van der Waals surface area (Å²) in [7, 11) is 0. The van der Waals surface area contributed by atoms with E-state index in [0.717, 1.165) is 30.1 Å². The van der Waals surface area contributed by atoms with Gasteiger partial charge in [0, 0.05) is 1.37 Å². The molecule has 0 heteroatoms. The minimum absolute atomic E-state index is 0.206. The van der Waals surface area contributed by atoms with Crippen molar-refractivity contribution in [3.8, 4) is 0 Å². The summed E-state index contributed by atoms with van der Waals surface area (Å²) in [5.74, 6) is 3.84. The first-order valence-electron chi connectivity index (χ1n) is 6.91. The number of rotatable bonds is 4. The van der Waals surface area contributed by atoms with Gasteiger partial charge in [0.25, 0.3) is 0 Å². The van der Waals surface area contributed by atoms with Crippen molar-refractivity contribution in [3.63, 3.8) is 0 Å². The van der Waals surface area contributed by atoms with Gasteiger partial charge in [-0.05, 0) is 48.9 Å². The molecule has 0 saturated heterocycles. The largest absolute Gasteiger partial charge is 0.0628 e. The fraction of sp³-hybridized carbons (Fsp3) is 1.00. The van der Waals surface area contributed by atoms with Gasteiger partial charge in [-0.25, -0.2) is 0 Å². The van der Waals surface area contributed by atoms with E-state index >= 15 is 0 Å². The molecule has 4 unspecified atom stereocenters. The van der Waals surface area contributed by atoms with E-state index in [1.165, 1.54) is 12.8 Å². The van der Waals surface area contributed by atoms with Gasteiger partial charge in [-0.15, -0.1) is 0 Å². The highest BCUT2D eigenvalue weighted by atomic mass is 14.4. The molecule has 0 amide bonds. The molecule has 84 valence electrons. The Labute approximate surface area is 91.9 Å². The van der Waals surface area contributed by atoms with Crippen molar-refractivity contribution in [2.24, 2.45) is 29.6 Å². The van der Waals surface area contributed by atoms with Crippen LogP contribution in [0.15, 0.2) is 0 Å². The molecule has 1 fully saturated rings. The normalized spacial score (nSPS) is 39.5. The zero-order valence-electron chi connectivity index (χ0n) is 11.6. The van der Waals surface area contributed by atoms with E-state index in [9.17, 15) is 0 Å². The lowest BCUT2D eigenvalue weighted by Gasteiger charge is -2.25. The fourth-order valence-electron chi connectivity index (χ4n) is 3.00. The van der Waals surface area contributed by atoms with Gasteiger partial charge < -0.3 is 0 Å². The summed E-state index contributed by atoms with van der Waals surface area (Å²) in [6.07, 6.45) is 4.01. The van der Waals surface area contributed by atoms with Crippen LogP contribution in [0.4, 0.5) is 0 Å². The maximum Gasteiger partial charge on any atom is 0.0269 e. The van der Waals surface area contributed by atoms with Gasteiger partial charge in [-0.1, -0.05) is 41.0 Å². The summed E-state index contributed by atoms with van der Waals surface area (Å²) < 4.78 is 8.09. The fourth-order valence-corrected chi connectivity index (χ4v) is 3.00. The van der Waals surface area contributed by atoms with Crippen LogP contribution in [0.25, 0.3) is 0 Å². The second-order valence-electron chi connectivity index (χ2n) is 6.01. The topological polar surface area (TPSA) is 0 Å². The molecule has 1 rings (SSSR count). The van der Waals surface area contributed by atoms with Crippen molar-refractivity contribution >= 4 is 0 Å². The van der Waals surface area contributed by atoms with Crippen molar-refractivity contribution in [2.45, 2.75) is 60.3 Å². The molecule has 0 radical (unpaired) electrons. The quantitative estimate of drug-likeness (QED) is 0.610. The predicted octanol–water partition coefficient (Wildman–Crippen LogP) is 4.74. The molecular weight excluding hydrogens is 168 g/mol. The van der Waals surface area contributed by atoms with Crippen LogP contribution in [0.3, 0.4) is 0 Å². The second-order valence-corrected chi connectivity index (χ2v) is 6.01. The van der Waals surface area contributed by atoms with E-state index in [-0.39, 0.29) is 6.40 Å². The summed E-state index contributed by atoms with van der Waals surface area (Å²) in [6.45, 7) is 11.6. The summed E-state index contributed by atoms with van der Waals surface area (Å²) >= 11 is 0. The third kappa shape index (κ3) is 3.29. The molecule has 0 N–H and O–H groups in total. The van der Waals surface area contributed by atoms with Gasteiger partial charge >= 0.3 is 0 Å². The lowest BCUT2D eigenvalue weighted by Crippen LogP contribution is -2.17. The molecular formula is C14H28. The lowest BCUT2D eigenvalue weighted by molar-refractivity contribution is 0.243. The first kappa shape index (κ1) is 10.5. The zero-order chi connectivity index (χ0) is 11.6. The van der Waals surface area contributed by atoms with Crippen LogP contribution in [-0.2, 0) is 0 Å². The van der Waals surface area contributed by atoms with E-state index in [4.69, 9.17) is 1.37 Å². The monoisotopic (exact) mass is 197 g/mol. The molecule has 0 aliphatic heterocycles.